The Hall–Kier alpha value is -1.64. The van der Waals surface area contributed by atoms with Gasteiger partial charge in [0.05, 0.1) is 0 Å². The van der Waals surface area contributed by atoms with Crippen molar-refractivity contribution >= 4 is 0 Å². The predicted octanol–water partition coefficient (Wildman–Crippen LogP) is 4.93. The highest BCUT2D eigenvalue weighted by molar-refractivity contribution is 5.26. The molecule has 2 aliphatic heterocycles. The Morgan fingerprint density at radius 2 is 1.44 bits per heavy atom. The molecule has 2 N–H and O–H groups in total. The topological polar surface area (TPSA) is 24.1 Å². The van der Waals surface area contributed by atoms with Crippen molar-refractivity contribution < 1.29 is 0 Å². The molecular formula is C23H30N2. The van der Waals surface area contributed by atoms with Crippen LogP contribution < -0.4 is 10.6 Å². The van der Waals surface area contributed by atoms with Crippen LogP contribution in [0.25, 0.3) is 0 Å². The molecule has 0 bridgehead atoms. The fourth-order valence-electron chi connectivity index (χ4n) is 4.44. The third kappa shape index (κ3) is 4.13. The highest BCUT2D eigenvalue weighted by Crippen LogP contribution is 2.29. The summed E-state index contributed by atoms with van der Waals surface area (Å²) in [5.74, 6) is 0. The van der Waals surface area contributed by atoms with Gasteiger partial charge in [-0.05, 0) is 62.1 Å². The Morgan fingerprint density at radius 1 is 0.760 bits per heavy atom. The number of hydrogen-bond donors (Lipinski definition) is 2. The lowest BCUT2D eigenvalue weighted by Gasteiger charge is -2.15. The first kappa shape index (κ1) is 16.8. The second-order valence-corrected chi connectivity index (χ2v) is 7.88. The van der Waals surface area contributed by atoms with Crippen molar-refractivity contribution in [2.24, 2.45) is 0 Å². The van der Waals surface area contributed by atoms with Gasteiger partial charge in [-0.15, -0.1) is 0 Å². The molecule has 0 aliphatic carbocycles. The smallest absolute Gasteiger partial charge is 0.0323 e. The zero-order valence-corrected chi connectivity index (χ0v) is 15.2. The zero-order valence-electron chi connectivity index (χ0n) is 15.2. The summed E-state index contributed by atoms with van der Waals surface area (Å²) in [5, 5.41) is 7.51. The van der Waals surface area contributed by atoms with Crippen molar-refractivity contribution in [1.29, 1.82) is 0 Å². The summed E-state index contributed by atoms with van der Waals surface area (Å²) in [5.41, 5.74) is 4.36. The van der Waals surface area contributed by atoms with E-state index in [1.54, 1.807) is 0 Å². The highest BCUT2D eigenvalue weighted by Gasteiger charge is 2.24. The summed E-state index contributed by atoms with van der Waals surface area (Å²) in [6.45, 7) is 2.28. The Bertz CT molecular complexity index is 664. The number of aryl methyl sites for hydroxylation is 1. The minimum absolute atomic E-state index is 0.545. The van der Waals surface area contributed by atoms with Gasteiger partial charge in [0, 0.05) is 24.2 Å². The molecule has 132 valence electrons. The quantitative estimate of drug-likeness (QED) is 0.810. The van der Waals surface area contributed by atoms with Gasteiger partial charge in [0.15, 0.2) is 0 Å². The lowest BCUT2D eigenvalue weighted by Crippen LogP contribution is -2.24. The van der Waals surface area contributed by atoms with E-state index in [9.17, 15) is 0 Å². The van der Waals surface area contributed by atoms with Gasteiger partial charge in [-0.3, -0.25) is 0 Å². The van der Waals surface area contributed by atoms with Crippen molar-refractivity contribution in [2.45, 2.75) is 69.6 Å². The van der Waals surface area contributed by atoms with Crippen LogP contribution in [0.15, 0.2) is 54.6 Å². The molecule has 0 spiro atoms. The van der Waals surface area contributed by atoms with Crippen LogP contribution in [-0.2, 0) is 6.42 Å². The van der Waals surface area contributed by atoms with Crippen molar-refractivity contribution in [3.05, 3.63) is 71.3 Å². The second kappa shape index (κ2) is 7.72. The number of hydrogen-bond acceptors (Lipinski definition) is 2. The summed E-state index contributed by atoms with van der Waals surface area (Å²) in [6.07, 6.45) is 7.53. The third-order valence-corrected chi connectivity index (χ3v) is 5.98. The average molecular weight is 335 g/mol. The molecule has 0 unspecified atom stereocenters. The van der Waals surface area contributed by atoms with E-state index in [0.717, 1.165) is 0 Å². The van der Waals surface area contributed by atoms with E-state index >= 15 is 0 Å². The SMILES string of the molecule is C[C@H]1CC[C@@H](c2ccc(CC[C@@H]3CC[C@H](c4ccccc4)N3)cc2)N1. The Labute approximate surface area is 152 Å². The molecule has 2 fully saturated rings. The summed E-state index contributed by atoms with van der Waals surface area (Å²) >= 11 is 0. The van der Waals surface area contributed by atoms with E-state index in [0.29, 0.717) is 24.2 Å². The van der Waals surface area contributed by atoms with E-state index in [2.05, 4.69) is 72.2 Å². The van der Waals surface area contributed by atoms with Gasteiger partial charge in [0.2, 0.25) is 0 Å². The summed E-state index contributed by atoms with van der Waals surface area (Å²) in [4.78, 5) is 0. The van der Waals surface area contributed by atoms with Crippen LogP contribution >= 0.6 is 0 Å². The van der Waals surface area contributed by atoms with Crippen LogP contribution in [0.2, 0.25) is 0 Å². The molecule has 2 heteroatoms. The Morgan fingerprint density at radius 3 is 2.16 bits per heavy atom. The average Bonchev–Trinajstić information content (AvgIpc) is 3.30. The lowest BCUT2D eigenvalue weighted by atomic mass is 10.00. The number of benzene rings is 2. The van der Waals surface area contributed by atoms with Crippen LogP contribution in [0.3, 0.4) is 0 Å². The van der Waals surface area contributed by atoms with Crippen molar-refractivity contribution in [2.75, 3.05) is 0 Å². The molecule has 0 saturated carbocycles. The highest BCUT2D eigenvalue weighted by atomic mass is 15.0. The van der Waals surface area contributed by atoms with Gasteiger partial charge in [-0.2, -0.15) is 0 Å². The second-order valence-electron chi connectivity index (χ2n) is 7.88. The van der Waals surface area contributed by atoms with Gasteiger partial charge < -0.3 is 10.6 Å². The molecule has 25 heavy (non-hydrogen) atoms. The van der Waals surface area contributed by atoms with Gasteiger partial charge in [-0.25, -0.2) is 0 Å². The van der Waals surface area contributed by atoms with Gasteiger partial charge in [0.1, 0.15) is 0 Å². The first-order valence-electron chi connectivity index (χ1n) is 9.94. The Kier molecular flexibility index (Phi) is 5.19. The lowest BCUT2D eigenvalue weighted by molar-refractivity contribution is 0.521. The standard InChI is InChI=1S/C23H30N2/c1-17-7-15-22(24-17)20-11-8-18(9-12-20)10-13-21-14-16-23(25-21)19-5-3-2-4-6-19/h2-6,8-9,11-12,17,21-25H,7,10,13-16H2,1H3/t17-,21+,22-,23+/m0/s1. The molecule has 4 rings (SSSR count). The van der Waals surface area contributed by atoms with E-state index in [4.69, 9.17) is 0 Å². The van der Waals surface area contributed by atoms with Gasteiger partial charge in [0.25, 0.3) is 0 Å². The summed E-state index contributed by atoms with van der Waals surface area (Å²) in [7, 11) is 0. The molecule has 2 heterocycles. The molecule has 0 radical (unpaired) electrons. The van der Waals surface area contributed by atoms with E-state index in [-0.39, 0.29) is 0 Å². The summed E-state index contributed by atoms with van der Waals surface area (Å²) in [6, 6.07) is 22.6. The molecular weight excluding hydrogens is 304 g/mol. The van der Waals surface area contributed by atoms with Crippen molar-refractivity contribution in [3.8, 4) is 0 Å². The van der Waals surface area contributed by atoms with Crippen LogP contribution in [-0.4, -0.2) is 12.1 Å². The van der Waals surface area contributed by atoms with Crippen LogP contribution in [0, 0.1) is 0 Å². The van der Waals surface area contributed by atoms with Crippen LogP contribution in [0.4, 0.5) is 0 Å². The maximum absolute atomic E-state index is 3.83. The molecule has 2 saturated heterocycles. The van der Waals surface area contributed by atoms with Gasteiger partial charge in [-0.1, -0.05) is 54.6 Å². The van der Waals surface area contributed by atoms with Crippen LogP contribution in [0.5, 0.6) is 0 Å². The van der Waals surface area contributed by atoms with E-state index in [1.807, 2.05) is 0 Å². The summed E-state index contributed by atoms with van der Waals surface area (Å²) < 4.78 is 0. The maximum Gasteiger partial charge on any atom is 0.0323 e. The van der Waals surface area contributed by atoms with Gasteiger partial charge >= 0.3 is 0 Å². The normalized spacial score (nSPS) is 29.2. The fourth-order valence-corrected chi connectivity index (χ4v) is 4.44. The minimum atomic E-state index is 0.545. The van der Waals surface area contributed by atoms with E-state index in [1.165, 1.54) is 55.2 Å². The zero-order chi connectivity index (χ0) is 17.1. The third-order valence-electron chi connectivity index (χ3n) is 5.98. The van der Waals surface area contributed by atoms with Crippen LogP contribution in [0.1, 0.15) is 67.8 Å². The fraction of sp³-hybridized carbons (Fsp3) is 0.478. The van der Waals surface area contributed by atoms with E-state index < -0.39 is 0 Å². The molecule has 0 aromatic heterocycles. The minimum Gasteiger partial charge on any atom is -0.307 e. The number of nitrogens with one attached hydrogen (secondary N) is 2. The monoisotopic (exact) mass is 334 g/mol. The molecule has 2 nitrogen and oxygen atoms in total. The number of rotatable bonds is 5. The predicted molar refractivity (Wildman–Crippen MR) is 105 cm³/mol. The molecule has 2 aromatic carbocycles. The largest absolute Gasteiger partial charge is 0.307 e. The molecule has 2 aromatic rings. The van der Waals surface area contributed by atoms with Crippen molar-refractivity contribution in [1.82, 2.24) is 10.6 Å². The molecule has 0 amide bonds. The van der Waals surface area contributed by atoms with Crippen molar-refractivity contribution in [3.63, 3.8) is 0 Å². The first-order chi connectivity index (χ1) is 12.3. The first-order valence-corrected chi connectivity index (χ1v) is 9.94. The molecule has 4 atom stereocenters. The molecule has 2 aliphatic rings. The Balaban J connectivity index is 1.27. The maximum atomic E-state index is 3.83.